The molecule has 0 radical (unpaired) electrons. The number of aromatic nitrogens is 5. The molecule has 2 aromatic heterocycles. The molecule has 30 heavy (non-hydrogen) atoms. The molecular formula is C21H17ClN6O2. The molecule has 1 atom stereocenters. The summed E-state index contributed by atoms with van der Waals surface area (Å²) < 4.78 is 7.11. The summed E-state index contributed by atoms with van der Waals surface area (Å²) >= 11 is 6.01. The van der Waals surface area contributed by atoms with Crippen molar-refractivity contribution in [2.24, 2.45) is 0 Å². The van der Waals surface area contributed by atoms with E-state index in [1.54, 1.807) is 40.0 Å². The van der Waals surface area contributed by atoms with Crippen LogP contribution in [0.4, 0.5) is 0 Å². The molecule has 0 spiro atoms. The molecule has 0 N–H and O–H groups in total. The van der Waals surface area contributed by atoms with Gasteiger partial charge < -0.3 is 9.42 Å². The van der Waals surface area contributed by atoms with Gasteiger partial charge in [-0.2, -0.15) is 4.98 Å². The molecule has 1 saturated heterocycles. The number of halogens is 1. The monoisotopic (exact) mass is 420 g/mol. The van der Waals surface area contributed by atoms with Gasteiger partial charge in [-0.25, -0.2) is 4.68 Å². The summed E-state index contributed by atoms with van der Waals surface area (Å²) in [5.74, 6) is 0.772. The Bertz CT molecular complexity index is 1190. The number of carbonyl (C=O) groups excluding carboxylic acids is 1. The van der Waals surface area contributed by atoms with Crippen LogP contribution < -0.4 is 0 Å². The van der Waals surface area contributed by atoms with Crippen molar-refractivity contribution in [3.8, 4) is 23.0 Å². The van der Waals surface area contributed by atoms with Gasteiger partial charge in [0.1, 0.15) is 0 Å². The molecular weight excluding hydrogens is 404 g/mol. The highest BCUT2D eigenvalue weighted by Crippen LogP contribution is 2.26. The molecule has 1 aliphatic rings. The summed E-state index contributed by atoms with van der Waals surface area (Å²) in [4.78, 5) is 18.9. The molecule has 9 heteroatoms. The molecule has 0 unspecified atom stereocenters. The molecule has 1 aliphatic heterocycles. The van der Waals surface area contributed by atoms with E-state index in [4.69, 9.17) is 16.1 Å². The first-order valence-corrected chi connectivity index (χ1v) is 9.91. The Kier molecular flexibility index (Phi) is 4.76. The predicted molar refractivity (Wildman–Crippen MR) is 110 cm³/mol. The van der Waals surface area contributed by atoms with E-state index in [0.717, 1.165) is 12.0 Å². The third kappa shape index (κ3) is 3.57. The van der Waals surface area contributed by atoms with Gasteiger partial charge in [0.25, 0.3) is 11.8 Å². The molecule has 8 nitrogen and oxygen atoms in total. The quantitative estimate of drug-likeness (QED) is 0.499. The number of amides is 1. The van der Waals surface area contributed by atoms with Crippen molar-refractivity contribution in [1.29, 1.82) is 0 Å². The number of rotatable bonds is 4. The van der Waals surface area contributed by atoms with Crippen LogP contribution in [0.3, 0.4) is 0 Å². The van der Waals surface area contributed by atoms with Crippen LogP contribution in [0.5, 0.6) is 0 Å². The summed E-state index contributed by atoms with van der Waals surface area (Å²) in [6.45, 7) is 1.19. The van der Waals surface area contributed by atoms with Crippen molar-refractivity contribution in [2.75, 3.05) is 13.1 Å². The second kappa shape index (κ2) is 7.72. The van der Waals surface area contributed by atoms with Crippen LogP contribution in [0.2, 0.25) is 5.02 Å². The Hall–Kier alpha value is -3.52. The first kappa shape index (κ1) is 18.5. The van der Waals surface area contributed by atoms with Crippen LogP contribution in [-0.2, 0) is 0 Å². The van der Waals surface area contributed by atoms with Crippen molar-refractivity contribution < 1.29 is 9.32 Å². The summed E-state index contributed by atoms with van der Waals surface area (Å²) in [7, 11) is 0. The van der Waals surface area contributed by atoms with Gasteiger partial charge in [-0.05, 0) is 24.6 Å². The standard InChI is InChI=1S/C21H17ClN6O2/c22-16-8-4-7-15(11-16)21(29)27-10-9-17(12-27)28-13-18(24-26-28)20-23-19(25-30-20)14-5-2-1-3-6-14/h1-8,11,13,17H,9-10,12H2/t17-/m1/s1. The second-order valence-electron chi connectivity index (χ2n) is 7.08. The van der Waals surface area contributed by atoms with E-state index in [0.29, 0.717) is 41.1 Å². The van der Waals surface area contributed by atoms with Gasteiger partial charge in [-0.3, -0.25) is 4.79 Å². The lowest BCUT2D eigenvalue weighted by Crippen LogP contribution is -2.29. The number of hydrogen-bond donors (Lipinski definition) is 0. The van der Waals surface area contributed by atoms with E-state index in [-0.39, 0.29) is 11.9 Å². The molecule has 5 rings (SSSR count). The predicted octanol–water partition coefficient (Wildman–Crippen LogP) is 3.74. The second-order valence-corrected chi connectivity index (χ2v) is 7.51. The normalized spacial score (nSPS) is 16.2. The molecule has 0 bridgehead atoms. The maximum atomic E-state index is 12.7. The Morgan fingerprint density at radius 3 is 2.83 bits per heavy atom. The van der Waals surface area contributed by atoms with Crippen LogP contribution in [0.25, 0.3) is 23.0 Å². The zero-order valence-corrected chi connectivity index (χ0v) is 16.6. The van der Waals surface area contributed by atoms with Crippen molar-refractivity contribution in [2.45, 2.75) is 12.5 Å². The minimum atomic E-state index is -0.0373. The summed E-state index contributed by atoms with van der Waals surface area (Å²) in [6, 6.07) is 16.6. The fourth-order valence-electron chi connectivity index (χ4n) is 3.53. The smallest absolute Gasteiger partial charge is 0.280 e. The van der Waals surface area contributed by atoms with E-state index in [1.165, 1.54) is 0 Å². The highest BCUT2D eigenvalue weighted by Gasteiger charge is 2.29. The number of benzene rings is 2. The van der Waals surface area contributed by atoms with Crippen molar-refractivity contribution >= 4 is 17.5 Å². The summed E-state index contributed by atoms with van der Waals surface area (Å²) in [5.41, 5.74) is 1.96. The minimum absolute atomic E-state index is 0.0332. The molecule has 3 heterocycles. The zero-order chi connectivity index (χ0) is 20.5. The average Bonchev–Trinajstić information content (AvgIpc) is 3.53. The van der Waals surface area contributed by atoms with E-state index < -0.39 is 0 Å². The van der Waals surface area contributed by atoms with Gasteiger partial charge in [-0.1, -0.05) is 58.4 Å². The molecule has 1 amide bonds. The lowest BCUT2D eigenvalue weighted by molar-refractivity contribution is 0.0787. The number of nitrogens with zero attached hydrogens (tertiary/aromatic N) is 6. The lowest BCUT2D eigenvalue weighted by atomic mass is 10.2. The SMILES string of the molecule is O=C(c1cccc(Cl)c1)N1CC[C@@H](n2cc(-c3nc(-c4ccccc4)no3)nn2)C1. The average molecular weight is 421 g/mol. The van der Waals surface area contributed by atoms with Crippen LogP contribution in [0, 0.1) is 0 Å². The van der Waals surface area contributed by atoms with Gasteiger partial charge in [0.2, 0.25) is 5.82 Å². The number of carbonyl (C=O) groups is 1. The largest absolute Gasteiger partial charge is 0.336 e. The van der Waals surface area contributed by atoms with E-state index in [1.807, 2.05) is 30.3 Å². The van der Waals surface area contributed by atoms with E-state index in [9.17, 15) is 4.79 Å². The van der Waals surface area contributed by atoms with Gasteiger partial charge in [0.15, 0.2) is 5.69 Å². The Morgan fingerprint density at radius 1 is 1.13 bits per heavy atom. The maximum absolute atomic E-state index is 12.7. The van der Waals surface area contributed by atoms with Crippen LogP contribution in [0.15, 0.2) is 65.3 Å². The fraction of sp³-hybridized carbons (Fsp3) is 0.190. The first-order chi connectivity index (χ1) is 14.7. The third-order valence-corrected chi connectivity index (χ3v) is 5.32. The van der Waals surface area contributed by atoms with Crippen LogP contribution >= 0.6 is 11.6 Å². The zero-order valence-electron chi connectivity index (χ0n) is 15.8. The molecule has 4 aromatic rings. The Morgan fingerprint density at radius 2 is 2.00 bits per heavy atom. The molecule has 150 valence electrons. The Balaban J connectivity index is 1.30. The van der Waals surface area contributed by atoms with Crippen LogP contribution in [-0.4, -0.2) is 49.0 Å². The van der Waals surface area contributed by atoms with Crippen molar-refractivity contribution in [3.05, 3.63) is 71.4 Å². The third-order valence-electron chi connectivity index (χ3n) is 5.08. The maximum Gasteiger partial charge on any atom is 0.280 e. The van der Waals surface area contributed by atoms with E-state index in [2.05, 4.69) is 20.5 Å². The fourth-order valence-corrected chi connectivity index (χ4v) is 3.72. The van der Waals surface area contributed by atoms with Gasteiger partial charge in [0.05, 0.1) is 12.2 Å². The highest BCUT2D eigenvalue weighted by atomic mass is 35.5. The Labute approximate surface area is 177 Å². The van der Waals surface area contributed by atoms with Gasteiger partial charge in [-0.15, -0.1) is 5.10 Å². The first-order valence-electron chi connectivity index (χ1n) is 9.53. The lowest BCUT2D eigenvalue weighted by Gasteiger charge is -2.16. The molecule has 0 aliphatic carbocycles. The minimum Gasteiger partial charge on any atom is -0.336 e. The number of hydrogen-bond acceptors (Lipinski definition) is 6. The van der Waals surface area contributed by atoms with Crippen LogP contribution in [0.1, 0.15) is 22.8 Å². The highest BCUT2D eigenvalue weighted by molar-refractivity contribution is 6.30. The summed E-state index contributed by atoms with van der Waals surface area (Å²) in [5, 5.41) is 13.0. The van der Waals surface area contributed by atoms with Crippen molar-refractivity contribution in [3.63, 3.8) is 0 Å². The topological polar surface area (TPSA) is 89.9 Å². The number of likely N-dealkylation sites (tertiary alicyclic amines) is 1. The molecule has 0 saturated carbocycles. The molecule has 1 fully saturated rings. The van der Waals surface area contributed by atoms with Gasteiger partial charge >= 0.3 is 0 Å². The van der Waals surface area contributed by atoms with Gasteiger partial charge in [0, 0.05) is 29.2 Å². The summed E-state index contributed by atoms with van der Waals surface area (Å²) in [6.07, 6.45) is 2.56. The molecule has 2 aromatic carbocycles. The van der Waals surface area contributed by atoms with Crippen molar-refractivity contribution in [1.82, 2.24) is 30.0 Å². The van der Waals surface area contributed by atoms with E-state index >= 15 is 0 Å².